The Labute approximate surface area is 127 Å². The van der Waals surface area contributed by atoms with Gasteiger partial charge < -0.3 is 14.8 Å². The molecule has 1 unspecified atom stereocenters. The van der Waals surface area contributed by atoms with Crippen LogP contribution in [0.15, 0.2) is 12.3 Å². The number of pyridine rings is 1. The number of nitrogens with one attached hydrogen (secondary N) is 1. The van der Waals surface area contributed by atoms with E-state index in [1.54, 1.807) is 20.4 Å². The Bertz CT molecular complexity index is 434. The summed E-state index contributed by atoms with van der Waals surface area (Å²) in [6.45, 7) is 7.40. The number of rotatable bonds is 7. The fraction of sp³-hybridized carbons (Fsp3) is 0.688. The van der Waals surface area contributed by atoms with Crippen molar-refractivity contribution >= 4 is 0 Å². The maximum absolute atomic E-state index is 5.48. The van der Waals surface area contributed by atoms with Crippen LogP contribution in [-0.4, -0.2) is 50.3 Å². The lowest BCUT2D eigenvalue weighted by molar-refractivity contribution is 0.205. The number of piperidine rings is 1. The van der Waals surface area contributed by atoms with Gasteiger partial charge in [0.15, 0.2) is 11.5 Å². The van der Waals surface area contributed by atoms with E-state index in [9.17, 15) is 0 Å². The van der Waals surface area contributed by atoms with Gasteiger partial charge in [0.2, 0.25) is 0 Å². The number of aromatic nitrogens is 1. The van der Waals surface area contributed by atoms with Gasteiger partial charge in [-0.1, -0.05) is 6.92 Å². The van der Waals surface area contributed by atoms with E-state index in [-0.39, 0.29) is 0 Å². The van der Waals surface area contributed by atoms with Crippen molar-refractivity contribution < 1.29 is 9.47 Å². The highest BCUT2D eigenvalue weighted by atomic mass is 16.5. The van der Waals surface area contributed by atoms with Crippen LogP contribution in [-0.2, 0) is 6.54 Å². The van der Waals surface area contributed by atoms with Crippen molar-refractivity contribution in [3.8, 4) is 11.5 Å². The van der Waals surface area contributed by atoms with Crippen LogP contribution in [0.5, 0.6) is 11.5 Å². The monoisotopic (exact) mass is 293 g/mol. The fourth-order valence-electron chi connectivity index (χ4n) is 2.93. The Morgan fingerprint density at radius 1 is 1.38 bits per heavy atom. The maximum Gasteiger partial charge on any atom is 0.183 e. The molecular weight excluding hydrogens is 266 g/mol. The van der Waals surface area contributed by atoms with Crippen LogP contribution in [0, 0.1) is 5.92 Å². The highest BCUT2D eigenvalue weighted by molar-refractivity contribution is 5.42. The minimum atomic E-state index is 0.732. The third-order valence-electron chi connectivity index (χ3n) is 4.10. The van der Waals surface area contributed by atoms with E-state index >= 15 is 0 Å². The summed E-state index contributed by atoms with van der Waals surface area (Å²) in [7, 11) is 3.33. The summed E-state index contributed by atoms with van der Waals surface area (Å²) in [6, 6.07) is 1.84. The van der Waals surface area contributed by atoms with Gasteiger partial charge in [-0.3, -0.25) is 9.88 Å². The lowest BCUT2D eigenvalue weighted by Crippen LogP contribution is -2.38. The molecule has 1 N–H and O–H groups in total. The van der Waals surface area contributed by atoms with Gasteiger partial charge in [-0.05, 0) is 38.4 Å². The average Bonchev–Trinajstić information content (AvgIpc) is 2.54. The van der Waals surface area contributed by atoms with Crippen molar-refractivity contribution in [1.29, 1.82) is 0 Å². The summed E-state index contributed by atoms with van der Waals surface area (Å²) < 4.78 is 10.8. The first-order valence-corrected chi connectivity index (χ1v) is 7.77. The summed E-state index contributed by atoms with van der Waals surface area (Å²) in [6.07, 6.45) is 4.38. The Balaban J connectivity index is 2.03. The van der Waals surface area contributed by atoms with Gasteiger partial charge in [0.1, 0.15) is 5.69 Å². The highest BCUT2D eigenvalue weighted by Gasteiger charge is 2.19. The maximum atomic E-state index is 5.48. The van der Waals surface area contributed by atoms with Crippen LogP contribution in [0.2, 0.25) is 0 Å². The van der Waals surface area contributed by atoms with Crippen LogP contribution in [0.4, 0.5) is 0 Å². The molecule has 0 aromatic carbocycles. The standard InChI is InChI=1S/C16H27N3O2/c1-4-19(11-13-6-5-8-17-10-13)12-14-16(21-3)15(20-2)7-9-18-14/h7,9,13,17H,4-6,8,10-12H2,1-3H3. The molecule has 5 heteroatoms. The van der Waals surface area contributed by atoms with Crippen LogP contribution < -0.4 is 14.8 Å². The smallest absolute Gasteiger partial charge is 0.183 e. The second kappa shape index (κ2) is 8.20. The molecule has 2 heterocycles. The van der Waals surface area contributed by atoms with Crippen LogP contribution in [0.25, 0.3) is 0 Å². The van der Waals surface area contributed by atoms with E-state index in [0.717, 1.165) is 55.8 Å². The van der Waals surface area contributed by atoms with E-state index in [1.807, 2.05) is 6.07 Å². The van der Waals surface area contributed by atoms with Crippen molar-refractivity contribution in [2.24, 2.45) is 5.92 Å². The molecule has 0 radical (unpaired) electrons. The molecule has 1 aliphatic heterocycles. The zero-order valence-corrected chi connectivity index (χ0v) is 13.4. The fourth-order valence-corrected chi connectivity index (χ4v) is 2.93. The number of hydrogen-bond acceptors (Lipinski definition) is 5. The minimum absolute atomic E-state index is 0.732. The molecule has 5 nitrogen and oxygen atoms in total. The number of nitrogens with zero attached hydrogens (tertiary/aromatic N) is 2. The number of methoxy groups -OCH3 is 2. The predicted octanol–water partition coefficient (Wildman–Crippen LogP) is 1.92. The molecule has 1 fully saturated rings. The molecule has 1 atom stereocenters. The minimum Gasteiger partial charge on any atom is -0.493 e. The van der Waals surface area contributed by atoms with Gasteiger partial charge in [-0.15, -0.1) is 0 Å². The van der Waals surface area contributed by atoms with Crippen LogP contribution in [0.3, 0.4) is 0 Å². The van der Waals surface area contributed by atoms with Crippen molar-refractivity contribution in [1.82, 2.24) is 15.2 Å². The molecule has 1 saturated heterocycles. The molecule has 2 rings (SSSR count). The van der Waals surface area contributed by atoms with E-state index in [2.05, 4.69) is 22.1 Å². The third-order valence-corrected chi connectivity index (χ3v) is 4.10. The molecule has 0 amide bonds. The SMILES string of the molecule is CCN(Cc1nccc(OC)c1OC)CC1CCCNC1. The predicted molar refractivity (Wildman–Crippen MR) is 83.9 cm³/mol. The Morgan fingerprint density at radius 3 is 2.86 bits per heavy atom. The summed E-state index contributed by atoms with van der Waals surface area (Å²) in [5, 5.41) is 3.48. The second-order valence-corrected chi connectivity index (χ2v) is 5.53. The lowest BCUT2D eigenvalue weighted by Gasteiger charge is -2.29. The van der Waals surface area contributed by atoms with Crippen LogP contribution >= 0.6 is 0 Å². The average molecular weight is 293 g/mol. The van der Waals surface area contributed by atoms with Gasteiger partial charge in [0.25, 0.3) is 0 Å². The number of hydrogen-bond donors (Lipinski definition) is 1. The summed E-state index contributed by atoms with van der Waals surface area (Å²) >= 11 is 0. The van der Waals surface area contributed by atoms with Gasteiger partial charge >= 0.3 is 0 Å². The molecule has 118 valence electrons. The van der Waals surface area contributed by atoms with Crippen molar-refractivity contribution in [2.75, 3.05) is 40.4 Å². The van der Waals surface area contributed by atoms with Gasteiger partial charge in [0, 0.05) is 25.4 Å². The van der Waals surface area contributed by atoms with Gasteiger partial charge in [-0.25, -0.2) is 0 Å². The Kier molecular flexibility index (Phi) is 6.26. The number of ether oxygens (including phenoxy) is 2. The zero-order valence-electron chi connectivity index (χ0n) is 13.4. The first kappa shape index (κ1) is 16.0. The van der Waals surface area contributed by atoms with Crippen molar-refractivity contribution in [3.05, 3.63) is 18.0 Å². The third kappa shape index (κ3) is 4.32. The Hall–Kier alpha value is -1.33. The second-order valence-electron chi connectivity index (χ2n) is 5.53. The lowest BCUT2D eigenvalue weighted by atomic mass is 9.99. The summed E-state index contributed by atoms with van der Waals surface area (Å²) in [5.74, 6) is 2.23. The van der Waals surface area contributed by atoms with Crippen molar-refractivity contribution in [3.63, 3.8) is 0 Å². The molecule has 1 aromatic heterocycles. The van der Waals surface area contributed by atoms with E-state index < -0.39 is 0 Å². The molecule has 0 aliphatic carbocycles. The van der Waals surface area contributed by atoms with Gasteiger partial charge in [-0.2, -0.15) is 0 Å². The first-order valence-electron chi connectivity index (χ1n) is 7.77. The molecule has 0 bridgehead atoms. The molecule has 21 heavy (non-hydrogen) atoms. The molecule has 1 aromatic rings. The zero-order chi connectivity index (χ0) is 15.1. The molecule has 0 spiro atoms. The first-order chi connectivity index (χ1) is 10.3. The van der Waals surface area contributed by atoms with E-state index in [1.165, 1.54) is 12.8 Å². The molecule has 0 saturated carbocycles. The largest absolute Gasteiger partial charge is 0.493 e. The molecule has 1 aliphatic rings. The van der Waals surface area contributed by atoms with E-state index in [4.69, 9.17) is 9.47 Å². The quantitative estimate of drug-likeness (QED) is 0.832. The van der Waals surface area contributed by atoms with Gasteiger partial charge in [0.05, 0.1) is 14.2 Å². The highest BCUT2D eigenvalue weighted by Crippen LogP contribution is 2.30. The Morgan fingerprint density at radius 2 is 2.24 bits per heavy atom. The normalized spacial score (nSPS) is 18.8. The van der Waals surface area contributed by atoms with E-state index in [0.29, 0.717) is 0 Å². The summed E-state index contributed by atoms with van der Waals surface area (Å²) in [5.41, 5.74) is 0.947. The van der Waals surface area contributed by atoms with Crippen molar-refractivity contribution in [2.45, 2.75) is 26.3 Å². The topological polar surface area (TPSA) is 46.6 Å². The van der Waals surface area contributed by atoms with Crippen LogP contribution in [0.1, 0.15) is 25.5 Å². The molecular formula is C16H27N3O2. The summed E-state index contributed by atoms with van der Waals surface area (Å²) in [4.78, 5) is 6.91.